The molecule has 1 aliphatic heterocycles. The van der Waals surface area contributed by atoms with Gasteiger partial charge in [0.1, 0.15) is 11.0 Å². The predicted molar refractivity (Wildman–Crippen MR) is 159 cm³/mol. The summed E-state index contributed by atoms with van der Waals surface area (Å²) in [7, 11) is 4.78. The molecular weight excluding hydrogens is 552 g/mol. The number of hydrogen-bond donors (Lipinski definition) is 2. The number of alkyl halides is 2. The molecule has 1 saturated heterocycles. The number of aliphatic hydroxyl groups is 1. The van der Waals surface area contributed by atoms with E-state index in [-0.39, 0.29) is 29.2 Å². The molecule has 0 bridgehead atoms. The molecule has 3 rings (SSSR count). The lowest BCUT2D eigenvalue weighted by Crippen LogP contribution is -2.55. The third-order valence-corrected chi connectivity index (χ3v) is 7.83. The van der Waals surface area contributed by atoms with E-state index in [4.69, 9.17) is 11.6 Å². The van der Waals surface area contributed by atoms with Crippen LogP contribution in [0.25, 0.3) is 0 Å². The third kappa shape index (κ3) is 7.65. The molecule has 0 spiro atoms. The van der Waals surface area contributed by atoms with Crippen molar-refractivity contribution >= 4 is 34.9 Å². The fourth-order valence-corrected chi connectivity index (χ4v) is 5.41. The first-order valence-corrected chi connectivity index (χ1v) is 14.4. The number of rotatable bonds is 11. The Bertz CT molecular complexity index is 1210. The van der Waals surface area contributed by atoms with Gasteiger partial charge in [-0.05, 0) is 69.7 Å². The second-order valence-electron chi connectivity index (χ2n) is 11.5. The minimum absolute atomic E-state index is 0.0547. The zero-order valence-electron chi connectivity index (χ0n) is 24.8. The molecule has 8 nitrogen and oxygen atoms in total. The number of halogens is 3. The van der Waals surface area contributed by atoms with Crippen molar-refractivity contribution in [2.45, 2.75) is 64.0 Å². The number of pyridine rings is 1. The number of likely N-dealkylation sites (N-methyl/N-ethyl adjacent to an activating group) is 1. The first-order chi connectivity index (χ1) is 19.1. The van der Waals surface area contributed by atoms with Crippen molar-refractivity contribution in [1.29, 1.82) is 0 Å². The summed E-state index contributed by atoms with van der Waals surface area (Å²) in [5.74, 6) is -3.79. The zero-order valence-corrected chi connectivity index (χ0v) is 25.5. The molecule has 1 aromatic carbocycles. The highest BCUT2D eigenvalue weighted by molar-refractivity contribution is 6.32. The fraction of sp³-hybridized carbons (Fsp3) is 0.567. The SMILES string of the molecule is CC(C)Nc1cccc(C(O)(C(=O)N(C)CCCC2CCN(c3ccc(C(=O)N(C)C)c(Cl)n3)CC2)C(C)(F)F)c1. The van der Waals surface area contributed by atoms with Gasteiger partial charge in [-0.2, -0.15) is 0 Å². The van der Waals surface area contributed by atoms with Crippen molar-refractivity contribution in [1.82, 2.24) is 14.8 Å². The van der Waals surface area contributed by atoms with Crippen LogP contribution in [0.1, 0.15) is 62.4 Å². The summed E-state index contributed by atoms with van der Waals surface area (Å²) in [6, 6.07) is 9.59. The summed E-state index contributed by atoms with van der Waals surface area (Å²) in [5, 5.41) is 14.5. The number of anilines is 2. The molecule has 0 aliphatic carbocycles. The standard InChI is InChI=1S/C30H42ClF2N5O3/c1-20(2)34-23-11-7-10-22(19-23)30(41,29(3,32)33)28(40)37(6)16-8-9-21-14-17-38(18-15-21)25-13-12-24(26(31)35-25)27(39)36(4)5/h7,10-13,19-21,34,41H,8-9,14-18H2,1-6H3. The van der Waals surface area contributed by atoms with Gasteiger partial charge in [0.2, 0.25) is 5.60 Å². The number of hydrogen-bond acceptors (Lipinski definition) is 6. The minimum atomic E-state index is -3.70. The van der Waals surface area contributed by atoms with Gasteiger partial charge >= 0.3 is 0 Å². The van der Waals surface area contributed by atoms with E-state index >= 15 is 0 Å². The van der Waals surface area contributed by atoms with Gasteiger partial charge in [-0.1, -0.05) is 23.7 Å². The van der Waals surface area contributed by atoms with Crippen LogP contribution in [-0.4, -0.2) is 84.4 Å². The number of amides is 2. The maximum absolute atomic E-state index is 14.8. The number of nitrogens with zero attached hydrogens (tertiary/aromatic N) is 4. The first kappa shape index (κ1) is 32.5. The highest BCUT2D eigenvalue weighted by Gasteiger charge is 2.57. The lowest BCUT2D eigenvalue weighted by molar-refractivity contribution is -0.197. The maximum Gasteiger partial charge on any atom is 0.286 e. The van der Waals surface area contributed by atoms with Gasteiger partial charge in [0.25, 0.3) is 17.7 Å². The molecule has 41 heavy (non-hydrogen) atoms. The second-order valence-corrected chi connectivity index (χ2v) is 11.8. The Balaban J connectivity index is 1.56. The molecule has 11 heteroatoms. The Kier molecular flexibility index (Phi) is 10.6. The van der Waals surface area contributed by atoms with Crippen LogP contribution in [0.15, 0.2) is 36.4 Å². The Morgan fingerprint density at radius 2 is 1.83 bits per heavy atom. The molecule has 1 unspecified atom stereocenters. The summed E-state index contributed by atoms with van der Waals surface area (Å²) >= 11 is 6.28. The van der Waals surface area contributed by atoms with Crippen LogP contribution in [0, 0.1) is 5.92 Å². The van der Waals surface area contributed by atoms with Crippen molar-refractivity contribution in [2.75, 3.05) is 51.0 Å². The van der Waals surface area contributed by atoms with E-state index in [0.717, 1.165) is 38.2 Å². The van der Waals surface area contributed by atoms with Crippen LogP contribution >= 0.6 is 11.6 Å². The van der Waals surface area contributed by atoms with E-state index in [1.165, 1.54) is 29.0 Å². The lowest BCUT2D eigenvalue weighted by Gasteiger charge is -2.36. The number of benzene rings is 1. The fourth-order valence-electron chi connectivity index (χ4n) is 5.18. The Morgan fingerprint density at radius 3 is 2.39 bits per heavy atom. The van der Waals surface area contributed by atoms with Gasteiger partial charge in [-0.3, -0.25) is 9.59 Å². The molecule has 2 N–H and O–H groups in total. The van der Waals surface area contributed by atoms with Gasteiger partial charge in [0.15, 0.2) is 0 Å². The summed E-state index contributed by atoms with van der Waals surface area (Å²) in [4.78, 5) is 34.7. The molecule has 1 fully saturated rings. The lowest BCUT2D eigenvalue weighted by atomic mass is 9.86. The van der Waals surface area contributed by atoms with Crippen LogP contribution in [0.3, 0.4) is 0 Å². The molecule has 2 aromatic rings. The molecule has 1 aliphatic rings. The highest BCUT2D eigenvalue weighted by atomic mass is 35.5. The van der Waals surface area contributed by atoms with Gasteiger partial charge in [0.05, 0.1) is 5.56 Å². The van der Waals surface area contributed by atoms with Crippen LogP contribution in [-0.2, 0) is 10.4 Å². The normalized spacial score (nSPS) is 15.9. The van der Waals surface area contributed by atoms with Gasteiger partial charge < -0.3 is 25.1 Å². The van der Waals surface area contributed by atoms with Gasteiger partial charge in [0, 0.05) is 65.0 Å². The molecule has 0 radical (unpaired) electrons. The van der Waals surface area contributed by atoms with E-state index in [9.17, 15) is 23.5 Å². The third-order valence-electron chi connectivity index (χ3n) is 7.54. The van der Waals surface area contributed by atoms with E-state index < -0.39 is 17.4 Å². The Labute approximate surface area is 246 Å². The van der Waals surface area contributed by atoms with Gasteiger partial charge in [-0.15, -0.1) is 0 Å². The summed E-state index contributed by atoms with van der Waals surface area (Å²) in [5.41, 5.74) is -2.21. The average Bonchev–Trinajstić information content (AvgIpc) is 2.91. The van der Waals surface area contributed by atoms with E-state index in [2.05, 4.69) is 15.2 Å². The maximum atomic E-state index is 14.8. The predicted octanol–water partition coefficient (Wildman–Crippen LogP) is 5.26. The number of aromatic nitrogens is 1. The van der Waals surface area contributed by atoms with Crippen molar-refractivity contribution in [3.05, 3.63) is 52.7 Å². The summed E-state index contributed by atoms with van der Waals surface area (Å²) in [6.07, 6.45) is 3.26. The van der Waals surface area contributed by atoms with Crippen LogP contribution in [0.4, 0.5) is 20.3 Å². The smallest absolute Gasteiger partial charge is 0.286 e. The quantitative estimate of drug-likeness (QED) is 0.346. The Morgan fingerprint density at radius 1 is 1.17 bits per heavy atom. The van der Waals surface area contributed by atoms with Crippen molar-refractivity contribution in [2.24, 2.45) is 5.92 Å². The first-order valence-electron chi connectivity index (χ1n) is 14.0. The molecule has 2 amide bonds. The summed E-state index contributed by atoms with van der Waals surface area (Å²) in [6.45, 7) is 6.19. The average molecular weight is 594 g/mol. The van der Waals surface area contributed by atoms with Crippen molar-refractivity contribution in [3.8, 4) is 0 Å². The highest BCUT2D eigenvalue weighted by Crippen LogP contribution is 2.40. The molecule has 1 aromatic heterocycles. The second kappa shape index (κ2) is 13.3. The van der Waals surface area contributed by atoms with Crippen LogP contribution in [0.2, 0.25) is 5.15 Å². The Hall–Kier alpha value is -2.98. The molecule has 1 atom stereocenters. The minimum Gasteiger partial charge on any atom is -0.383 e. The number of carbonyl (C=O) groups is 2. The van der Waals surface area contributed by atoms with E-state index in [0.29, 0.717) is 30.5 Å². The van der Waals surface area contributed by atoms with Crippen LogP contribution in [0.5, 0.6) is 0 Å². The van der Waals surface area contributed by atoms with E-state index in [1.807, 2.05) is 19.9 Å². The number of piperidine rings is 1. The number of carbonyl (C=O) groups excluding carboxylic acids is 2. The van der Waals surface area contributed by atoms with E-state index in [1.54, 1.807) is 32.3 Å². The van der Waals surface area contributed by atoms with Crippen LogP contribution < -0.4 is 10.2 Å². The zero-order chi connectivity index (χ0) is 30.5. The molecule has 2 heterocycles. The molecule has 226 valence electrons. The van der Waals surface area contributed by atoms with Crippen molar-refractivity contribution < 1.29 is 23.5 Å². The largest absolute Gasteiger partial charge is 0.383 e. The van der Waals surface area contributed by atoms with Gasteiger partial charge in [-0.25, -0.2) is 13.8 Å². The summed E-state index contributed by atoms with van der Waals surface area (Å²) < 4.78 is 29.6. The topological polar surface area (TPSA) is 89.0 Å². The monoisotopic (exact) mass is 593 g/mol. The molecular formula is C30H42ClF2N5O3. The molecule has 0 saturated carbocycles. The number of nitrogens with one attached hydrogen (secondary N) is 1. The van der Waals surface area contributed by atoms with Crippen molar-refractivity contribution in [3.63, 3.8) is 0 Å².